The van der Waals surface area contributed by atoms with Gasteiger partial charge in [-0.3, -0.25) is 0 Å². The molecule has 0 aromatic heterocycles. The van der Waals surface area contributed by atoms with E-state index in [0.29, 0.717) is 17.7 Å². The number of cyclic esters (lactones) is 1. The molecule has 4 N–H and O–H groups in total. The van der Waals surface area contributed by atoms with Crippen molar-refractivity contribution in [2.24, 2.45) is 0 Å². The van der Waals surface area contributed by atoms with E-state index in [9.17, 15) is 25.2 Å². The van der Waals surface area contributed by atoms with Gasteiger partial charge < -0.3 is 34.6 Å². The van der Waals surface area contributed by atoms with Crippen molar-refractivity contribution in [1.29, 1.82) is 0 Å². The molecule has 0 saturated carbocycles. The van der Waals surface area contributed by atoms with Crippen LogP contribution in [-0.2, 0) is 9.47 Å². The number of phenols is 1. The predicted octanol–water partition coefficient (Wildman–Crippen LogP) is 0.819. The molecule has 8 heteroatoms. The van der Waals surface area contributed by atoms with Gasteiger partial charge in [0, 0.05) is 24.5 Å². The van der Waals surface area contributed by atoms with Gasteiger partial charge in [0.25, 0.3) is 0 Å². The molecule has 1 fully saturated rings. The van der Waals surface area contributed by atoms with Crippen LogP contribution >= 0.6 is 0 Å². The Morgan fingerprint density at radius 3 is 2.67 bits per heavy atom. The van der Waals surface area contributed by atoms with E-state index >= 15 is 0 Å². The van der Waals surface area contributed by atoms with Crippen LogP contribution in [0.25, 0.3) is 0 Å². The number of carbonyl (C=O) groups excluding carboxylic acids is 1. The number of fused-ring (bicyclic) bond motifs is 3. The van der Waals surface area contributed by atoms with E-state index in [-0.39, 0.29) is 17.7 Å². The Morgan fingerprint density at radius 1 is 1.22 bits per heavy atom. The van der Waals surface area contributed by atoms with Gasteiger partial charge in [-0.25, -0.2) is 4.79 Å². The first-order valence-corrected chi connectivity index (χ1v) is 8.80. The van der Waals surface area contributed by atoms with Gasteiger partial charge in [-0.1, -0.05) is 12.2 Å². The monoisotopic (exact) mass is 380 g/mol. The Bertz CT molecular complexity index is 731. The summed E-state index contributed by atoms with van der Waals surface area (Å²) in [5.41, 5.74) is 0.384. The van der Waals surface area contributed by atoms with Gasteiger partial charge in [-0.15, -0.1) is 0 Å². The first-order valence-electron chi connectivity index (χ1n) is 8.80. The maximum absolute atomic E-state index is 12.6. The number of hydrogen-bond donors (Lipinski definition) is 4. The van der Waals surface area contributed by atoms with Crippen LogP contribution < -0.4 is 4.74 Å². The highest BCUT2D eigenvalue weighted by Crippen LogP contribution is 2.46. The number of ether oxygens (including phenoxy) is 3. The zero-order chi connectivity index (χ0) is 19.7. The van der Waals surface area contributed by atoms with Crippen molar-refractivity contribution in [3.05, 3.63) is 35.4 Å². The minimum Gasteiger partial charge on any atom is -0.507 e. The molecule has 1 saturated heterocycles. The summed E-state index contributed by atoms with van der Waals surface area (Å²) in [4.78, 5) is 12.6. The topological polar surface area (TPSA) is 129 Å². The summed E-state index contributed by atoms with van der Waals surface area (Å²) in [7, 11) is 1.43. The number of esters is 1. The molecule has 27 heavy (non-hydrogen) atoms. The average molecular weight is 380 g/mol. The maximum atomic E-state index is 12.6. The number of epoxide rings is 1. The first kappa shape index (κ1) is 19.6. The summed E-state index contributed by atoms with van der Waals surface area (Å²) in [5, 5.41) is 40.5. The molecule has 2 aliphatic rings. The number of benzene rings is 1. The number of methoxy groups -OCH3 is 1. The average Bonchev–Trinajstić information content (AvgIpc) is 3.38. The Balaban J connectivity index is 1.97. The Labute approximate surface area is 156 Å². The van der Waals surface area contributed by atoms with Gasteiger partial charge in [0.2, 0.25) is 0 Å². The summed E-state index contributed by atoms with van der Waals surface area (Å²) < 4.78 is 16.1. The quantitative estimate of drug-likeness (QED) is 0.320. The lowest BCUT2D eigenvalue weighted by molar-refractivity contribution is -0.0464. The fourth-order valence-corrected chi connectivity index (χ4v) is 3.20. The molecule has 1 aromatic rings. The third-order valence-electron chi connectivity index (χ3n) is 4.78. The van der Waals surface area contributed by atoms with E-state index in [1.807, 2.05) is 0 Å². The minimum absolute atomic E-state index is 0.00809. The van der Waals surface area contributed by atoms with Gasteiger partial charge in [-0.05, 0) is 13.0 Å². The second kappa shape index (κ2) is 7.85. The van der Waals surface area contributed by atoms with Gasteiger partial charge >= 0.3 is 5.97 Å². The lowest BCUT2D eigenvalue weighted by Gasteiger charge is -2.21. The second-order valence-corrected chi connectivity index (χ2v) is 6.87. The van der Waals surface area contributed by atoms with Crippen LogP contribution in [0.1, 0.15) is 41.8 Å². The Morgan fingerprint density at radius 2 is 1.96 bits per heavy atom. The van der Waals surface area contributed by atoms with Gasteiger partial charge in [0.05, 0.1) is 19.3 Å². The summed E-state index contributed by atoms with van der Waals surface area (Å²) in [6.45, 7) is 1.67. The normalized spacial score (nSPS) is 35.2. The summed E-state index contributed by atoms with van der Waals surface area (Å²) in [6, 6.07) is 2.90. The van der Waals surface area contributed by atoms with E-state index in [0.717, 1.165) is 0 Å². The van der Waals surface area contributed by atoms with E-state index in [2.05, 4.69) is 0 Å². The SMILES string of the molecule is COc1cc(O)c2c(c1)[C@@H]1O[C@@H]1C[C@H](O)[C@H](O)[C@@H](O)/C=C/C[C@H](C)OC2=O. The number of phenolic OH excluding ortho intramolecular Hbond substituents is 1. The van der Waals surface area contributed by atoms with Gasteiger partial charge in [0.15, 0.2) is 0 Å². The van der Waals surface area contributed by atoms with Crippen molar-refractivity contribution in [2.45, 2.75) is 56.4 Å². The highest BCUT2D eigenvalue weighted by Gasteiger charge is 2.45. The largest absolute Gasteiger partial charge is 0.507 e. The Hall–Kier alpha value is -2.13. The number of aromatic hydroxyl groups is 1. The van der Waals surface area contributed by atoms with Crippen molar-refractivity contribution in [3.63, 3.8) is 0 Å². The van der Waals surface area contributed by atoms with Crippen molar-refractivity contribution < 1.29 is 39.4 Å². The molecule has 0 radical (unpaired) electrons. The molecule has 8 nitrogen and oxygen atoms in total. The fraction of sp³-hybridized carbons (Fsp3) is 0.526. The molecular formula is C19H24O8. The van der Waals surface area contributed by atoms with E-state index in [1.54, 1.807) is 19.1 Å². The lowest BCUT2D eigenvalue weighted by Crippen LogP contribution is -2.37. The summed E-state index contributed by atoms with van der Waals surface area (Å²) >= 11 is 0. The number of aliphatic hydroxyl groups is 3. The standard InChI is InChI=1S/C19H24O8/c1-9-4-3-5-12(20)17(23)14(22)8-15-18(27-15)11-6-10(25-2)7-13(21)16(11)19(24)26-9/h3,5-7,9,12,14-15,17-18,20-23H,4,8H2,1-2H3/b5-3+/t9-,12-,14-,15+,17+,18-/m0/s1. The molecule has 3 rings (SSSR count). The van der Waals surface area contributed by atoms with E-state index < -0.39 is 42.6 Å². The van der Waals surface area contributed by atoms with E-state index in [4.69, 9.17) is 14.2 Å². The van der Waals surface area contributed by atoms with Crippen LogP contribution in [0, 0.1) is 0 Å². The molecule has 0 unspecified atom stereocenters. The zero-order valence-corrected chi connectivity index (χ0v) is 15.1. The third-order valence-corrected chi connectivity index (χ3v) is 4.78. The van der Waals surface area contributed by atoms with Crippen LogP contribution in [0.3, 0.4) is 0 Å². The summed E-state index contributed by atoms with van der Waals surface area (Å²) in [5.74, 6) is -0.630. The van der Waals surface area contributed by atoms with Crippen LogP contribution in [-0.4, -0.2) is 64.0 Å². The highest BCUT2D eigenvalue weighted by atomic mass is 16.6. The first-order chi connectivity index (χ1) is 12.8. The predicted molar refractivity (Wildman–Crippen MR) is 93.5 cm³/mol. The van der Waals surface area contributed by atoms with Gasteiger partial charge in [-0.2, -0.15) is 0 Å². The van der Waals surface area contributed by atoms with Crippen molar-refractivity contribution in [2.75, 3.05) is 7.11 Å². The number of hydrogen-bond acceptors (Lipinski definition) is 8. The van der Waals surface area contributed by atoms with Crippen LogP contribution in [0.2, 0.25) is 0 Å². The molecule has 0 bridgehead atoms. The molecular weight excluding hydrogens is 356 g/mol. The molecule has 0 aliphatic carbocycles. The minimum atomic E-state index is -1.37. The summed E-state index contributed by atoms with van der Waals surface area (Å²) in [6.07, 6.45) is -2.15. The number of carbonyl (C=O) groups is 1. The fourth-order valence-electron chi connectivity index (χ4n) is 3.20. The van der Waals surface area contributed by atoms with Crippen LogP contribution in [0.15, 0.2) is 24.3 Å². The molecule has 6 atom stereocenters. The van der Waals surface area contributed by atoms with Crippen molar-refractivity contribution >= 4 is 5.97 Å². The lowest BCUT2D eigenvalue weighted by atomic mass is 9.96. The van der Waals surface area contributed by atoms with Crippen LogP contribution in [0.5, 0.6) is 11.5 Å². The molecule has 0 spiro atoms. The van der Waals surface area contributed by atoms with Gasteiger partial charge in [0.1, 0.15) is 41.5 Å². The van der Waals surface area contributed by atoms with E-state index in [1.165, 1.54) is 19.3 Å². The van der Waals surface area contributed by atoms with Crippen LogP contribution in [0.4, 0.5) is 0 Å². The highest BCUT2D eigenvalue weighted by molar-refractivity contribution is 5.95. The molecule has 148 valence electrons. The molecule has 2 heterocycles. The van der Waals surface area contributed by atoms with Crippen molar-refractivity contribution in [3.8, 4) is 11.5 Å². The number of rotatable bonds is 1. The zero-order valence-electron chi connectivity index (χ0n) is 15.1. The molecule has 1 aromatic carbocycles. The smallest absolute Gasteiger partial charge is 0.342 e. The Kier molecular flexibility index (Phi) is 5.71. The second-order valence-electron chi connectivity index (χ2n) is 6.87. The number of aliphatic hydroxyl groups excluding tert-OH is 3. The third kappa shape index (κ3) is 4.24. The van der Waals surface area contributed by atoms with Crippen molar-refractivity contribution in [1.82, 2.24) is 0 Å². The molecule has 2 aliphatic heterocycles. The maximum Gasteiger partial charge on any atom is 0.342 e. The molecule has 0 amide bonds.